The van der Waals surface area contributed by atoms with Crippen LogP contribution in [0.1, 0.15) is 42.5 Å². The van der Waals surface area contributed by atoms with Gasteiger partial charge in [-0.25, -0.2) is 8.42 Å². The van der Waals surface area contributed by atoms with E-state index in [0.717, 1.165) is 15.4 Å². The maximum absolute atomic E-state index is 14.6. The largest absolute Gasteiger partial charge is 0.352 e. The number of sulfonamides is 1. The Bertz CT molecular complexity index is 1770. The van der Waals surface area contributed by atoms with Crippen molar-refractivity contribution in [2.75, 3.05) is 10.8 Å². The van der Waals surface area contributed by atoms with Gasteiger partial charge < -0.3 is 10.2 Å². The van der Waals surface area contributed by atoms with Crippen molar-refractivity contribution in [1.82, 2.24) is 10.2 Å². The molecule has 0 saturated carbocycles. The fourth-order valence-electron chi connectivity index (χ4n) is 5.02. The number of carbonyl (C=O) groups excluding carboxylic acids is 2. The second-order valence-corrected chi connectivity index (χ2v) is 14.1. The predicted molar refractivity (Wildman–Crippen MR) is 186 cm³/mol. The van der Waals surface area contributed by atoms with E-state index < -0.39 is 28.5 Å². The van der Waals surface area contributed by atoms with E-state index >= 15 is 0 Å². The summed E-state index contributed by atoms with van der Waals surface area (Å²) in [5, 5.41) is 3.79. The van der Waals surface area contributed by atoms with Crippen LogP contribution >= 0.6 is 23.2 Å². The van der Waals surface area contributed by atoms with Gasteiger partial charge in [-0.3, -0.25) is 13.9 Å². The van der Waals surface area contributed by atoms with Crippen LogP contribution in [-0.2, 0) is 32.6 Å². The maximum Gasteiger partial charge on any atom is 0.264 e. The number of anilines is 1. The summed E-state index contributed by atoms with van der Waals surface area (Å²) >= 11 is 12.8. The van der Waals surface area contributed by atoms with Crippen LogP contribution in [0.5, 0.6) is 0 Å². The lowest BCUT2D eigenvalue weighted by molar-refractivity contribution is -0.140. The van der Waals surface area contributed by atoms with Crippen LogP contribution in [0.2, 0.25) is 10.0 Å². The standard InChI is InChI=1S/C36H39Cl2N3O4S/c1-5-27(4)39-36(43)34(21-28-12-7-6-8-13-28)40(23-29-17-18-30(37)22-32(29)38)35(42)24-41(33-14-10-9-11-26(33)3)46(44,45)31-19-15-25(2)16-20-31/h6-20,22,27,34H,5,21,23-24H2,1-4H3,(H,39,43)/t27-,34-/m0/s1. The molecule has 2 atom stereocenters. The van der Waals surface area contributed by atoms with Gasteiger partial charge in [0.15, 0.2) is 0 Å². The van der Waals surface area contributed by atoms with Crippen LogP contribution in [0.15, 0.2) is 102 Å². The van der Waals surface area contributed by atoms with Gasteiger partial charge in [-0.15, -0.1) is 0 Å². The van der Waals surface area contributed by atoms with Gasteiger partial charge in [0.05, 0.1) is 10.6 Å². The fourth-order valence-corrected chi connectivity index (χ4v) is 6.97. The highest BCUT2D eigenvalue weighted by Gasteiger charge is 2.35. The number of aryl methyl sites for hydroxylation is 2. The van der Waals surface area contributed by atoms with Crippen LogP contribution in [-0.4, -0.2) is 43.8 Å². The summed E-state index contributed by atoms with van der Waals surface area (Å²) in [4.78, 5) is 30.1. The molecule has 1 N–H and O–H groups in total. The predicted octanol–water partition coefficient (Wildman–Crippen LogP) is 7.36. The molecule has 242 valence electrons. The lowest BCUT2D eigenvalue weighted by Crippen LogP contribution is -2.54. The zero-order chi connectivity index (χ0) is 33.4. The zero-order valence-electron chi connectivity index (χ0n) is 26.4. The van der Waals surface area contributed by atoms with Gasteiger partial charge in [-0.05, 0) is 74.2 Å². The first-order chi connectivity index (χ1) is 21.9. The topological polar surface area (TPSA) is 86.8 Å². The van der Waals surface area contributed by atoms with Crippen molar-refractivity contribution in [3.8, 4) is 0 Å². The third kappa shape index (κ3) is 8.69. The molecule has 4 aromatic rings. The van der Waals surface area contributed by atoms with Crippen molar-refractivity contribution in [3.05, 3.63) is 129 Å². The summed E-state index contributed by atoms with van der Waals surface area (Å²) in [6.45, 7) is 6.93. The first kappa shape index (κ1) is 35.0. The number of para-hydroxylation sites is 1. The Morgan fingerprint density at radius 3 is 2.15 bits per heavy atom. The number of halogens is 2. The molecule has 4 rings (SSSR count). The van der Waals surface area contributed by atoms with Crippen LogP contribution in [0.4, 0.5) is 5.69 Å². The molecule has 0 aliphatic heterocycles. The number of rotatable bonds is 13. The van der Waals surface area contributed by atoms with Crippen molar-refractivity contribution in [2.24, 2.45) is 0 Å². The molecule has 0 fully saturated rings. The molecule has 0 spiro atoms. The van der Waals surface area contributed by atoms with Gasteiger partial charge in [0.2, 0.25) is 11.8 Å². The quantitative estimate of drug-likeness (QED) is 0.160. The monoisotopic (exact) mass is 679 g/mol. The molecule has 0 heterocycles. The number of nitrogens with one attached hydrogen (secondary N) is 1. The van der Waals surface area contributed by atoms with E-state index in [0.29, 0.717) is 33.3 Å². The lowest BCUT2D eigenvalue weighted by Gasteiger charge is -2.34. The average molecular weight is 681 g/mol. The summed E-state index contributed by atoms with van der Waals surface area (Å²) < 4.78 is 29.6. The molecule has 0 aliphatic carbocycles. The summed E-state index contributed by atoms with van der Waals surface area (Å²) in [7, 11) is -4.19. The van der Waals surface area contributed by atoms with E-state index in [1.807, 2.05) is 51.1 Å². The van der Waals surface area contributed by atoms with Crippen molar-refractivity contribution in [3.63, 3.8) is 0 Å². The summed E-state index contributed by atoms with van der Waals surface area (Å²) in [6.07, 6.45) is 0.895. The van der Waals surface area contributed by atoms with Crippen molar-refractivity contribution in [1.29, 1.82) is 0 Å². The van der Waals surface area contributed by atoms with Gasteiger partial charge in [-0.1, -0.05) is 102 Å². The van der Waals surface area contributed by atoms with Gasteiger partial charge in [0, 0.05) is 29.1 Å². The van der Waals surface area contributed by atoms with E-state index in [2.05, 4.69) is 5.32 Å². The van der Waals surface area contributed by atoms with Crippen LogP contribution in [0, 0.1) is 13.8 Å². The Labute approximate surface area is 282 Å². The number of hydrogen-bond donors (Lipinski definition) is 1. The van der Waals surface area contributed by atoms with E-state index in [4.69, 9.17) is 23.2 Å². The molecule has 2 amide bonds. The SMILES string of the molecule is CC[C@H](C)NC(=O)[C@H](Cc1ccccc1)N(Cc1ccc(Cl)cc1Cl)C(=O)CN(c1ccccc1C)S(=O)(=O)c1ccc(C)cc1. The number of amides is 2. The smallest absolute Gasteiger partial charge is 0.264 e. The molecule has 0 radical (unpaired) electrons. The minimum Gasteiger partial charge on any atom is -0.352 e. The molecule has 0 saturated heterocycles. The molecule has 0 aromatic heterocycles. The highest BCUT2D eigenvalue weighted by molar-refractivity contribution is 7.92. The van der Waals surface area contributed by atoms with Crippen molar-refractivity contribution in [2.45, 2.75) is 64.1 Å². The van der Waals surface area contributed by atoms with Gasteiger partial charge >= 0.3 is 0 Å². The van der Waals surface area contributed by atoms with Crippen LogP contribution in [0.3, 0.4) is 0 Å². The molecule has 0 bridgehead atoms. The van der Waals surface area contributed by atoms with Gasteiger partial charge in [-0.2, -0.15) is 0 Å². The molecule has 10 heteroatoms. The van der Waals surface area contributed by atoms with E-state index in [9.17, 15) is 18.0 Å². The molecule has 0 aliphatic rings. The molecular formula is C36H39Cl2N3O4S. The second-order valence-electron chi connectivity index (χ2n) is 11.4. The van der Waals surface area contributed by atoms with Gasteiger partial charge in [0.1, 0.15) is 12.6 Å². The minimum atomic E-state index is -4.19. The first-order valence-electron chi connectivity index (χ1n) is 15.1. The summed E-state index contributed by atoms with van der Waals surface area (Å²) in [5.74, 6) is -0.911. The highest BCUT2D eigenvalue weighted by atomic mass is 35.5. The Balaban J connectivity index is 1.84. The second kappa shape index (κ2) is 15.6. The van der Waals surface area contributed by atoms with Crippen LogP contribution in [0.25, 0.3) is 0 Å². The molecule has 0 unspecified atom stereocenters. The first-order valence-corrected chi connectivity index (χ1v) is 17.3. The number of nitrogens with zero attached hydrogens (tertiary/aromatic N) is 2. The Morgan fingerprint density at radius 1 is 0.870 bits per heavy atom. The third-order valence-electron chi connectivity index (χ3n) is 7.90. The third-order valence-corrected chi connectivity index (χ3v) is 10.3. The summed E-state index contributed by atoms with van der Waals surface area (Å²) in [6, 6.07) is 26.7. The Morgan fingerprint density at radius 2 is 1.52 bits per heavy atom. The molecule has 7 nitrogen and oxygen atoms in total. The average Bonchev–Trinajstić information content (AvgIpc) is 3.03. The normalized spacial score (nSPS) is 12.7. The maximum atomic E-state index is 14.6. The highest BCUT2D eigenvalue weighted by Crippen LogP contribution is 2.29. The van der Waals surface area contributed by atoms with Crippen molar-refractivity contribution >= 4 is 50.7 Å². The summed E-state index contributed by atoms with van der Waals surface area (Å²) in [5.41, 5.74) is 3.35. The van der Waals surface area contributed by atoms with E-state index in [1.165, 1.54) is 17.0 Å². The fraction of sp³-hybridized carbons (Fsp3) is 0.278. The molecular weight excluding hydrogens is 641 g/mol. The Hall–Kier alpha value is -3.85. The van der Waals surface area contributed by atoms with Crippen LogP contribution < -0.4 is 9.62 Å². The minimum absolute atomic E-state index is 0.0492. The number of benzene rings is 4. The van der Waals surface area contributed by atoms with E-state index in [1.54, 1.807) is 61.5 Å². The zero-order valence-corrected chi connectivity index (χ0v) is 28.7. The Kier molecular flexibility index (Phi) is 11.9. The molecule has 4 aromatic carbocycles. The van der Waals surface area contributed by atoms with Gasteiger partial charge in [0.25, 0.3) is 10.0 Å². The number of hydrogen-bond acceptors (Lipinski definition) is 4. The van der Waals surface area contributed by atoms with E-state index in [-0.39, 0.29) is 29.8 Å². The number of carbonyl (C=O) groups is 2. The molecule has 46 heavy (non-hydrogen) atoms. The van der Waals surface area contributed by atoms with Crippen molar-refractivity contribution < 1.29 is 18.0 Å². The lowest BCUT2D eigenvalue weighted by atomic mass is 10.0.